The maximum Gasteiger partial charge on any atom is 0.153 e. The van der Waals surface area contributed by atoms with Gasteiger partial charge >= 0.3 is 150 Å². The number of benzene rings is 15. The Labute approximate surface area is 809 Å². The predicted molar refractivity (Wildman–Crippen MR) is 580 cm³/mol. The van der Waals surface area contributed by atoms with Crippen LogP contribution >= 0.6 is 11.8 Å². The van der Waals surface area contributed by atoms with Crippen molar-refractivity contribution in [2.75, 3.05) is 19.6 Å². The first-order chi connectivity index (χ1) is 62.8. The summed E-state index contributed by atoms with van der Waals surface area (Å²) in [5, 5.41) is 4.56. The van der Waals surface area contributed by atoms with Crippen molar-refractivity contribution in [3.63, 3.8) is 0 Å². The summed E-state index contributed by atoms with van der Waals surface area (Å²) in [7, 11) is -2.37. The molecule has 0 atom stereocenters. The Morgan fingerprint density at radius 1 is 0.226 bits per heavy atom. The van der Waals surface area contributed by atoms with Crippen LogP contribution in [0.25, 0.3) is 0 Å². The maximum absolute atomic E-state index is 6.07. The summed E-state index contributed by atoms with van der Waals surface area (Å²) in [6, 6.07) is 134. The summed E-state index contributed by atoms with van der Waals surface area (Å²) in [4.78, 5) is 12.0. The van der Waals surface area contributed by atoms with Gasteiger partial charge in [0.1, 0.15) is 0 Å². The van der Waals surface area contributed by atoms with E-state index >= 15 is 0 Å². The van der Waals surface area contributed by atoms with Crippen molar-refractivity contribution >= 4 is 128 Å². The monoisotopic (exact) mass is 1850 g/mol. The molecule has 4 aliphatic rings. The van der Waals surface area contributed by atoms with Gasteiger partial charge in [0, 0.05) is 32.3 Å². The quantitative estimate of drug-likeness (QED) is 0.116. The number of hydrogen-bond donors (Lipinski definition) is 0. The van der Waals surface area contributed by atoms with Crippen molar-refractivity contribution in [3.05, 3.63) is 414 Å². The van der Waals surface area contributed by atoms with E-state index in [9.17, 15) is 0 Å². The van der Waals surface area contributed by atoms with Crippen molar-refractivity contribution in [3.8, 4) is 11.5 Å². The Bertz CT molecular complexity index is 5870. The molecule has 19 rings (SSSR count). The van der Waals surface area contributed by atoms with E-state index in [-0.39, 0.29) is 48.4 Å². The third-order valence-electron chi connectivity index (χ3n) is 26.6. The van der Waals surface area contributed by atoms with Gasteiger partial charge in [-0.25, -0.2) is 0 Å². The molecule has 15 aromatic carbocycles. The molecule has 4 heterocycles. The number of anilines is 12. The standard InChI is InChI=1S/C34H48Si.C25H27N.C22H21NO.C22H21NS.C22H21NSe/c1-31(2,3)25-13-19-28(20-14-25)35(34(10,11)12,29-21-15-26(16-22-29)32(4,5)6)30-23-17-27(18-24-30)33(7,8)9;1-24(2,3)18-14-16-19(17-15-18)26-22-12-8-6-10-20(22)25(4,5)21-11-7-9-13-23(21)26;3*1-22(2,3)16-12-14-17(15-13-16)23-18-8-4-6-10-20(18)24-21-11-7-5-9-19(21)23/h13-24H,1-12H3;6-17H,1-5H3;3*4-15H,1-3H3. The molecule has 0 spiro atoms. The Hall–Kier alpha value is -11.6. The zero-order chi connectivity index (χ0) is 95.2. The van der Waals surface area contributed by atoms with Gasteiger partial charge < -0.3 is 19.4 Å². The molecule has 0 radical (unpaired) electrons. The van der Waals surface area contributed by atoms with Gasteiger partial charge in [0.05, 0.1) is 34.1 Å². The maximum atomic E-state index is 6.07. The SMILES string of the molecule is CC(C)(C)c1ccc(N2c3ccccc3C(C)(C)c3ccccc32)cc1.CC(C)(C)c1ccc(N2c3ccccc3Oc3ccccc32)cc1.CC(C)(C)c1ccc(N2c3ccccc3Sc3ccccc32)cc1.CC(C)(C)c1ccc(N2c3ccccc3[Se]c3ccccc32)cc1.CC(C)(C)c1ccc([Si](c2ccc(C(C)(C)C)cc2)(c2ccc(C(C)(C)C)cc2)C(C)(C)C)cc1. The number of fused-ring (bicyclic) bond motifs is 8. The molecular weight excluding hydrogens is 1710 g/mol. The van der Waals surface area contributed by atoms with Gasteiger partial charge in [-0.2, -0.15) is 0 Å². The van der Waals surface area contributed by atoms with E-state index in [1.54, 1.807) is 0 Å². The average Bonchev–Trinajstić information content (AvgIpc) is 0.713. The van der Waals surface area contributed by atoms with Crippen LogP contribution in [0.2, 0.25) is 5.04 Å². The van der Waals surface area contributed by atoms with Crippen LogP contribution in [0.5, 0.6) is 11.5 Å². The van der Waals surface area contributed by atoms with E-state index in [1.807, 2.05) is 48.2 Å². The summed E-state index contributed by atoms with van der Waals surface area (Å²) in [6.45, 7) is 59.7. The molecule has 0 aliphatic carbocycles. The first-order valence-electron chi connectivity index (χ1n) is 47.5. The zero-order valence-corrected chi connectivity index (χ0v) is 87.2. The van der Waals surface area contributed by atoms with E-state index in [2.05, 4.69) is 527 Å². The van der Waals surface area contributed by atoms with E-state index in [4.69, 9.17) is 4.74 Å². The molecule has 15 aromatic rings. The molecule has 8 heteroatoms. The van der Waals surface area contributed by atoms with Crippen LogP contribution in [0.1, 0.15) is 230 Å². The molecule has 5 nitrogen and oxygen atoms in total. The topological polar surface area (TPSA) is 22.2 Å². The summed E-state index contributed by atoms with van der Waals surface area (Å²) >= 11 is 2.22. The van der Waals surface area contributed by atoms with Gasteiger partial charge in [-0.15, -0.1) is 0 Å². The molecule has 0 fully saturated rings. The number of ether oxygens (including phenoxy) is 1. The van der Waals surface area contributed by atoms with Crippen LogP contribution in [0.3, 0.4) is 0 Å². The normalized spacial score (nSPS) is 13.8. The predicted octanol–water partition coefficient (Wildman–Crippen LogP) is 32.8. The molecule has 0 saturated heterocycles. The largest absolute Gasteiger partial charge is 0.153 e. The number of rotatable bonds is 7. The van der Waals surface area contributed by atoms with E-state index in [0.717, 1.165) is 28.6 Å². The van der Waals surface area contributed by atoms with Crippen molar-refractivity contribution < 1.29 is 4.74 Å². The molecule has 4 aliphatic heterocycles. The van der Waals surface area contributed by atoms with Crippen LogP contribution in [0, 0.1) is 0 Å². The third kappa shape index (κ3) is 20.4. The minimum Gasteiger partial charge on any atom is -0.0619 e. The second-order valence-electron chi connectivity index (χ2n) is 44.8. The van der Waals surface area contributed by atoms with Crippen molar-refractivity contribution in [1.82, 2.24) is 0 Å². The Morgan fingerprint density at radius 2 is 0.436 bits per heavy atom. The van der Waals surface area contributed by atoms with Gasteiger partial charge in [0.25, 0.3) is 0 Å². The van der Waals surface area contributed by atoms with Crippen molar-refractivity contribution in [2.24, 2.45) is 0 Å². The number of hydrogen-bond acceptors (Lipinski definition) is 6. The first-order valence-corrected chi connectivity index (χ1v) is 52.1. The van der Waals surface area contributed by atoms with Gasteiger partial charge in [0.15, 0.2) is 19.6 Å². The van der Waals surface area contributed by atoms with Crippen molar-refractivity contribution in [1.29, 1.82) is 0 Å². The second kappa shape index (κ2) is 37.7. The van der Waals surface area contributed by atoms with Crippen LogP contribution in [-0.4, -0.2) is 23.0 Å². The molecule has 0 amide bonds. The van der Waals surface area contributed by atoms with Crippen molar-refractivity contribution in [2.45, 2.75) is 238 Å². The van der Waals surface area contributed by atoms with E-state index in [1.165, 1.54) is 136 Å². The van der Waals surface area contributed by atoms with Crippen LogP contribution < -0.4 is 48.8 Å². The molecule has 0 aromatic heterocycles. The Balaban J connectivity index is 0.000000128. The van der Waals surface area contributed by atoms with Gasteiger partial charge in [-0.3, -0.25) is 0 Å². The first kappa shape index (κ1) is 96.0. The molecule has 0 N–H and O–H groups in total. The number of nitrogens with zero attached hydrogens (tertiary/aromatic N) is 4. The van der Waals surface area contributed by atoms with Gasteiger partial charge in [-0.05, 0) is 195 Å². The molecule has 0 unspecified atom stereocenters. The Kier molecular flexibility index (Phi) is 27.2. The third-order valence-corrected chi connectivity index (χ3v) is 35.9. The second-order valence-corrected chi connectivity index (χ2v) is 52.9. The molecule has 0 saturated carbocycles. The smallest absolute Gasteiger partial charge is 0.0619 e. The van der Waals surface area contributed by atoms with Crippen LogP contribution in [-0.2, 0) is 43.3 Å². The minimum atomic E-state index is -2.37. The van der Waals surface area contributed by atoms with Gasteiger partial charge in [-0.1, -0.05) is 365 Å². The fourth-order valence-corrected chi connectivity index (χ4v) is 27.7. The molecule has 680 valence electrons. The van der Waals surface area contributed by atoms with E-state index in [0.29, 0.717) is 15.0 Å². The molecule has 133 heavy (non-hydrogen) atoms. The molecule has 0 bridgehead atoms. The summed E-state index contributed by atoms with van der Waals surface area (Å²) in [5.74, 6) is 1.77. The van der Waals surface area contributed by atoms with Gasteiger partial charge in [0.2, 0.25) is 0 Å². The minimum absolute atomic E-state index is 0.00492. The summed E-state index contributed by atoms with van der Waals surface area (Å²) in [5.41, 5.74) is 28.1. The number of para-hydroxylation sites is 10. The van der Waals surface area contributed by atoms with Crippen LogP contribution in [0.15, 0.2) is 374 Å². The van der Waals surface area contributed by atoms with E-state index < -0.39 is 8.07 Å². The molecular formula is C125H138N4OSSeSi. The zero-order valence-electron chi connectivity index (χ0n) is 83.7. The fraction of sp³-hybridized carbons (Fsp3) is 0.280. The average molecular weight is 1850 g/mol. The fourth-order valence-electron chi connectivity index (χ4n) is 18.8. The summed E-state index contributed by atoms with van der Waals surface area (Å²) in [6.07, 6.45) is 0. The van der Waals surface area contributed by atoms with Crippen LogP contribution in [0.4, 0.5) is 68.2 Å². The Morgan fingerprint density at radius 3 is 0.714 bits per heavy atom. The summed E-state index contributed by atoms with van der Waals surface area (Å²) < 4.78 is 8.96.